The first-order chi connectivity index (χ1) is 10.0. The molecular formula is C14H11IN2O4. The van der Waals surface area contributed by atoms with E-state index in [0.717, 1.165) is 3.57 Å². The fourth-order valence-corrected chi connectivity index (χ4v) is 2.06. The Morgan fingerprint density at radius 3 is 2.48 bits per heavy atom. The lowest BCUT2D eigenvalue weighted by Crippen LogP contribution is -2.12. The maximum absolute atomic E-state index is 12.1. The zero-order valence-corrected chi connectivity index (χ0v) is 13.2. The first-order valence-corrected chi connectivity index (χ1v) is 6.98. The van der Waals surface area contributed by atoms with Crippen LogP contribution in [-0.4, -0.2) is 17.9 Å². The highest BCUT2D eigenvalue weighted by Crippen LogP contribution is 2.29. The molecule has 0 unspecified atom stereocenters. The topological polar surface area (TPSA) is 81.5 Å². The Bertz CT molecular complexity index is 686. The highest BCUT2D eigenvalue weighted by atomic mass is 127. The van der Waals surface area contributed by atoms with Crippen LogP contribution in [0.3, 0.4) is 0 Å². The minimum absolute atomic E-state index is 0.117. The number of methoxy groups -OCH3 is 1. The molecule has 0 spiro atoms. The van der Waals surface area contributed by atoms with Crippen LogP contribution < -0.4 is 10.1 Å². The number of ether oxygens (including phenoxy) is 1. The number of non-ortho nitro benzene ring substituents is 1. The summed E-state index contributed by atoms with van der Waals surface area (Å²) in [6.07, 6.45) is 0. The molecule has 21 heavy (non-hydrogen) atoms. The number of halogens is 1. The van der Waals surface area contributed by atoms with Crippen molar-refractivity contribution < 1.29 is 14.5 Å². The van der Waals surface area contributed by atoms with E-state index in [2.05, 4.69) is 27.9 Å². The molecule has 7 heteroatoms. The van der Waals surface area contributed by atoms with E-state index in [1.54, 1.807) is 24.3 Å². The number of carbonyl (C=O) groups is 1. The van der Waals surface area contributed by atoms with E-state index in [1.807, 2.05) is 0 Å². The number of nitro groups is 1. The van der Waals surface area contributed by atoms with Crippen LogP contribution in [0.1, 0.15) is 10.4 Å². The van der Waals surface area contributed by atoms with Crippen LogP contribution in [0.2, 0.25) is 0 Å². The highest BCUT2D eigenvalue weighted by Gasteiger charge is 2.14. The number of hydrogen-bond donors (Lipinski definition) is 1. The number of carbonyl (C=O) groups excluding carboxylic acids is 1. The van der Waals surface area contributed by atoms with Gasteiger partial charge in [-0.05, 0) is 52.9 Å². The van der Waals surface area contributed by atoms with E-state index in [0.29, 0.717) is 11.3 Å². The van der Waals surface area contributed by atoms with E-state index in [1.165, 1.54) is 25.3 Å². The quantitative estimate of drug-likeness (QED) is 0.486. The number of nitrogens with one attached hydrogen (secondary N) is 1. The van der Waals surface area contributed by atoms with E-state index < -0.39 is 4.92 Å². The van der Waals surface area contributed by atoms with Gasteiger partial charge < -0.3 is 10.1 Å². The van der Waals surface area contributed by atoms with Crippen molar-refractivity contribution in [1.82, 2.24) is 0 Å². The molecule has 0 heterocycles. The Morgan fingerprint density at radius 1 is 1.24 bits per heavy atom. The fraction of sp³-hybridized carbons (Fsp3) is 0.0714. The second-order valence-electron chi connectivity index (χ2n) is 4.10. The van der Waals surface area contributed by atoms with E-state index >= 15 is 0 Å². The number of anilines is 1. The number of amides is 1. The zero-order chi connectivity index (χ0) is 15.4. The van der Waals surface area contributed by atoms with E-state index in [-0.39, 0.29) is 17.3 Å². The van der Waals surface area contributed by atoms with Gasteiger partial charge >= 0.3 is 0 Å². The molecule has 0 aliphatic carbocycles. The summed E-state index contributed by atoms with van der Waals surface area (Å²) in [5, 5.41) is 13.4. The molecule has 0 saturated heterocycles. The average molecular weight is 398 g/mol. The average Bonchev–Trinajstić information content (AvgIpc) is 2.47. The van der Waals surface area contributed by atoms with Crippen LogP contribution in [0.15, 0.2) is 42.5 Å². The maximum Gasteiger partial charge on any atom is 0.271 e. The van der Waals surface area contributed by atoms with Gasteiger partial charge in [-0.2, -0.15) is 0 Å². The Morgan fingerprint density at radius 2 is 1.90 bits per heavy atom. The van der Waals surface area contributed by atoms with Crippen LogP contribution in [0.4, 0.5) is 11.4 Å². The summed E-state index contributed by atoms with van der Waals surface area (Å²) in [7, 11) is 1.43. The first-order valence-electron chi connectivity index (χ1n) is 5.90. The Labute approximate surface area is 134 Å². The summed E-state index contributed by atoms with van der Waals surface area (Å²) in [6.45, 7) is 0. The minimum Gasteiger partial charge on any atom is -0.495 e. The van der Waals surface area contributed by atoms with Gasteiger partial charge in [-0.25, -0.2) is 0 Å². The molecule has 0 aliphatic heterocycles. The molecule has 2 aromatic carbocycles. The Hall–Kier alpha value is -2.16. The minimum atomic E-state index is -0.528. The summed E-state index contributed by atoms with van der Waals surface area (Å²) in [4.78, 5) is 22.4. The van der Waals surface area contributed by atoms with Gasteiger partial charge in [-0.3, -0.25) is 14.9 Å². The van der Waals surface area contributed by atoms with Crippen molar-refractivity contribution in [3.05, 3.63) is 61.7 Å². The van der Waals surface area contributed by atoms with Crippen LogP contribution in [0.5, 0.6) is 5.75 Å². The van der Waals surface area contributed by atoms with Crippen molar-refractivity contribution in [2.45, 2.75) is 0 Å². The lowest BCUT2D eigenvalue weighted by molar-refractivity contribution is -0.384. The number of nitrogens with zero attached hydrogens (tertiary/aromatic N) is 1. The molecule has 2 rings (SSSR count). The SMILES string of the molecule is COc1ccc([N+](=O)[O-])cc1NC(=O)c1ccc(I)cc1. The van der Waals surface area contributed by atoms with E-state index in [4.69, 9.17) is 4.74 Å². The number of nitro benzene ring substituents is 1. The third-order valence-corrected chi connectivity index (χ3v) is 3.47. The molecule has 1 amide bonds. The summed E-state index contributed by atoms with van der Waals surface area (Å²) in [5.41, 5.74) is 0.605. The molecule has 1 N–H and O–H groups in total. The standard InChI is InChI=1S/C14H11IN2O4/c1-21-13-7-6-11(17(19)20)8-12(13)16-14(18)9-2-4-10(15)5-3-9/h2-8H,1H3,(H,16,18). The van der Waals surface area contributed by atoms with Gasteiger partial charge in [0.25, 0.3) is 11.6 Å². The van der Waals surface area contributed by atoms with Gasteiger partial charge in [0.15, 0.2) is 0 Å². The molecule has 108 valence electrons. The second kappa shape index (κ2) is 6.53. The molecule has 0 saturated carbocycles. The van der Waals surface area contributed by atoms with Gasteiger partial charge in [0.2, 0.25) is 0 Å². The third kappa shape index (κ3) is 3.69. The Kier molecular flexibility index (Phi) is 4.73. The molecule has 0 bridgehead atoms. The summed E-state index contributed by atoms with van der Waals surface area (Å²) >= 11 is 2.14. The molecule has 6 nitrogen and oxygen atoms in total. The highest BCUT2D eigenvalue weighted by molar-refractivity contribution is 14.1. The van der Waals surface area contributed by atoms with Gasteiger partial charge in [0, 0.05) is 21.3 Å². The largest absolute Gasteiger partial charge is 0.495 e. The summed E-state index contributed by atoms with van der Waals surface area (Å²) in [6, 6.07) is 11.0. The molecule has 0 aromatic heterocycles. The predicted octanol–water partition coefficient (Wildman–Crippen LogP) is 3.46. The molecule has 0 atom stereocenters. The molecular weight excluding hydrogens is 387 g/mol. The smallest absolute Gasteiger partial charge is 0.271 e. The van der Waals surface area contributed by atoms with Gasteiger partial charge in [-0.15, -0.1) is 0 Å². The van der Waals surface area contributed by atoms with Crippen molar-refractivity contribution >= 4 is 39.9 Å². The fourth-order valence-electron chi connectivity index (χ4n) is 1.70. The van der Waals surface area contributed by atoms with Crippen molar-refractivity contribution in [2.75, 3.05) is 12.4 Å². The lowest BCUT2D eigenvalue weighted by atomic mass is 10.2. The molecule has 2 aromatic rings. The number of benzene rings is 2. The van der Waals surface area contributed by atoms with Gasteiger partial charge in [-0.1, -0.05) is 0 Å². The van der Waals surface area contributed by atoms with Crippen molar-refractivity contribution in [3.8, 4) is 5.75 Å². The van der Waals surface area contributed by atoms with Crippen LogP contribution in [0, 0.1) is 13.7 Å². The predicted molar refractivity (Wildman–Crippen MR) is 86.8 cm³/mol. The van der Waals surface area contributed by atoms with Gasteiger partial charge in [0.1, 0.15) is 5.75 Å². The summed E-state index contributed by atoms with van der Waals surface area (Å²) < 4.78 is 6.11. The van der Waals surface area contributed by atoms with Gasteiger partial charge in [0.05, 0.1) is 17.7 Å². The number of rotatable bonds is 4. The normalized spacial score (nSPS) is 10.0. The van der Waals surface area contributed by atoms with Crippen molar-refractivity contribution in [1.29, 1.82) is 0 Å². The Balaban J connectivity index is 2.29. The molecule has 0 radical (unpaired) electrons. The van der Waals surface area contributed by atoms with Crippen LogP contribution in [-0.2, 0) is 0 Å². The first kappa shape index (κ1) is 15.2. The third-order valence-electron chi connectivity index (χ3n) is 2.75. The zero-order valence-electron chi connectivity index (χ0n) is 11.0. The monoisotopic (exact) mass is 398 g/mol. The van der Waals surface area contributed by atoms with Crippen molar-refractivity contribution in [2.24, 2.45) is 0 Å². The molecule has 0 aliphatic rings. The number of hydrogen-bond acceptors (Lipinski definition) is 4. The van der Waals surface area contributed by atoms with Crippen LogP contribution >= 0.6 is 22.6 Å². The maximum atomic E-state index is 12.1. The molecule has 0 fully saturated rings. The van der Waals surface area contributed by atoms with Crippen molar-refractivity contribution in [3.63, 3.8) is 0 Å². The second-order valence-corrected chi connectivity index (χ2v) is 5.35. The summed E-state index contributed by atoms with van der Waals surface area (Å²) in [5.74, 6) is 0.00431. The lowest BCUT2D eigenvalue weighted by Gasteiger charge is -2.10. The van der Waals surface area contributed by atoms with E-state index in [9.17, 15) is 14.9 Å². The van der Waals surface area contributed by atoms with Crippen LogP contribution in [0.25, 0.3) is 0 Å².